The Bertz CT molecular complexity index is 679. The van der Waals surface area contributed by atoms with E-state index in [9.17, 15) is 4.79 Å². The van der Waals surface area contributed by atoms with Crippen molar-refractivity contribution < 1.29 is 4.79 Å². The van der Waals surface area contributed by atoms with Crippen molar-refractivity contribution in [2.45, 2.75) is 63.7 Å². The van der Waals surface area contributed by atoms with Crippen LogP contribution >= 0.6 is 0 Å². The smallest absolute Gasteiger partial charge is 0.144 e. The highest BCUT2D eigenvalue weighted by Crippen LogP contribution is 2.56. The van der Waals surface area contributed by atoms with Crippen LogP contribution in [0.4, 0.5) is 0 Å². The molecule has 4 aliphatic carbocycles. The Morgan fingerprint density at radius 1 is 1.00 bits per heavy atom. The lowest BCUT2D eigenvalue weighted by Gasteiger charge is -2.39. The average molecular weight is 306 g/mol. The summed E-state index contributed by atoms with van der Waals surface area (Å²) in [5, 5.41) is 0. The van der Waals surface area contributed by atoms with E-state index in [4.69, 9.17) is 0 Å². The lowest BCUT2D eigenvalue weighted by molar-refractivity contribution is -0.130. The highest BCUT2D eigenvalue weighted by atomic mass is 16.1. The molecule has 1 heteroatoms. The maximum absolute atomic E-state index is 13.0. The van der Waals surface area contributed by atoms with Crippen LogP contribution in [0, 0.1) is 17.3 Å². The molecular formula is C22H26O. The first kappa shape index (κ1) is 14.0. The minimum atomic E-state index is -0.0429. The number of ketones is 1. The molecule has 1 spiro atoms. The third-order valence-electron chi connectivity index (χ3n) is 7.23. The number of allylic oxidation sites excluding steroid dienone is 2. The van der Waals surface area contributed by atoms with Gasteiger partial charge in [0, 0.05) is 11.8 Å². The van der Waals surface area contributed by atoms with Gasteiger partial charge in [-0.15, -0.1) is 0 Å². The van der Waals surface area contributed by atoms with Crippen molar-refractivity contribution >= 4 is 5.78 Å². The second-order valence-electron chi connectivity index (χ2n) is 8.49. The first-order valence-electron chi connectivity index (χ1n) is 9.58. The molecule has 2 bridgehead atoms. The second-order valence-corrected chi connectivity index (χ2v) is 8.49. The topological polar surface area (TPSA) is 17.1 Å². The SMILES string of the molecule is O=C1Cc2cc(C3CCCCC3)ccc2CC12CC1C=CC2C1. The molecule has 2 fully saturated rings. The number of fused-ring (bicyclic) bond motifs is 4. The van der Waals surface area contributed by atoms with Crippen LogP contribution < -0.4 is 0 Å². The molecule has 0 heterocycles. The van der Waals surface area contributed by atoms with Crippen molar-refractivity contribution in [3.05, 3.63) is 47.0 Å². The van der Waals surface area contributed by atoms with Crippen molar-refractivity contribution in [2.75, 3.05) is 0 Å². The summed E-state index contributed by atoms with van der Waals surface area (Å²) in [7, 11) is 0. The average Bonchev–Trinajstić information content (AvgIpc) is 3.18. The van der Waals surface area contributed by atoms with Crippen molar-refractivity contribution in [2.24, 2.45) is 17.3 Å². The van der Waals surface area contributed by atoms with E-state index in [1.54, 1.807) is 0 Å². The van der Waals surface area contributed by atoms with Crippen LogP contribution in [-0.4, -0.2) is 5.78 Å². The second kappa shape index (κ2) is 5.06. The number of rotatable bonds is 1. The number of hydrogen-bond donors (Lipinski definition) is 0. The summed E-state index contributed by atoms with van der Waals surface area (Å²) >= 11 is 0. The summed E-state index contributed by atoms with van der Waals surface area (Å²) in [5.41, 5.74) is 4.26. The van der Waals surface area contributed by atoms with Crippen molar-refractivity contribution in [1.29, 1.82) is 0 Å². The Morgan fingerprint density at radius 2 is 1.87 bits per heavy atom. The molecule has 0 aromatic heterocycles. The molecule has 4 aliphatic rings. The van der Waals surface area contributed by atoms with Crippen LogP contribution in [0.15, 0.2) is 30.4 Å². The Morgan fingerprint density at radius 3 is 2.61 bits per heavy atom. The Balaban J connectivity index is 1.46. The molecule has 0 amide bonds. The van der Waals surface area contributed by atoms with Gasteiger partial charge in [-0.1, -0.05) is 49.6 Å². The van der Waals surface area contributed by atoms with E-state index in [1.807, 2.05) is 0 Å². The van der Waals surface area contributed by atoms with E-state index in [-0.39, 0.29) is 5.41 Å². The minimum absolute atomic E-state index is 0.0429. The lowest BCUT2D eigenvalue weighted by atomic mass is 9.63. The molecule has 1 nitrogen and oxygen atoms in total. The zero-order valence-corrected chi connectivity index (χ0v) is 13.9. The van der Waals surface area contributed by atoms with Gasteiger partial charge in [-0.25, -0.2) is 0 Å². The first-order chi connectivity index (χ1) is 11.2. The van der Waals surface area contributed by atoms with Crippen molar-refractivity contribution in [1.82, 2.24) is 0 Å². The number of Topliss-reactive ketones (excluding diaryl/α,β-unsaturated/α-hetero) is 1. The van der Waals surface area contributed by atoms with Crippen LogP contribution in [-0.2, 0) is 17.6 Å². The van der Waals surface area contributed by atoms with E-state index in [0.29, 0.717) is 24.0 Å². The van der Waals surface area contributed by atoms with Gasteiger partial charge in [0.1, 0.15) is 5.78 Å². The molecule has 1 aromatic carbocycles. The Hall–Kier alpha value is -1.37. The third-order valence-corrected chi connectivity index (χ3v) is 7.23. The number of hydrogen-bond acceptors (Lipinski definition) is 1. The van der Waals surface area contributed by atoms with Gasteiger partial charge in [-0.05, 0) is 66.5 Å². The largest absolute Gasteiger partial charge is 0.299 e. The maximum Gasteiger partial charge on any atom is 0.144 e. The summed E-state index contributed by atoms with van der Waals surface area (Å²) < 4.78 is 0. The van der Waals surface area contributed by atoms with Crippen molar-refractivity contribution in [3.8, 4) is 0 Å². The highest BCUT2D eigenvalue weighted by Gasteiger charge is 2.54. The highest BCUT2D eigenvalue weighted by molar-refractivity contribution is 5.90. The molecule has 0 radical (unpaired) electrons. The molecule has 2 saturated carbocycles. The Kier molecular flexibility index (Phi) is 3.08. The summed E-state index contributed by atoms with van der Waals surface area (Å²) in [6, 6.07) is 7.13. The molecule has 120 valence electrons. The van der Waals surface area contributed by atoms with Gasteiger partial charge >= 0.3 is 0 Å². The van der Waals surface area contributed by atoms with Crippen LogP contribution in [0.3, 0.4) is 0 Å². The summed E-state index contributed by atoms with van der Waals surface area (Å²) in [4.78, 5) is 13.0. The molecule has 0 aliphatic heterocycles. The standard InChI is InChI=1S/C22H26O/c23-21-12-19-11-17(16-4-2-1-3-5-16)7-8-18(19)14-22(21)13-15-6-9-20(22)10-15/h6-9,11,15-16,20H,1-5,10,12-14H2. The normalized spacial score (nSPS) is 35.9. The predicted molar refractivity (Wildman–Crippen MR) is 92.5 cm³/mol. The van der Waals surface area contributed by atoms with E-state index < -0.39 is 0 Å². The van der Waals surface area contributed by atoms with Crippen molar-refractivity contribution in [3.63, 3.8) is 0 Å². The summed E-state index contributed by atoms with van der Waals surface area (Å²) in [5.74, 6) is 2.46. The molecule has 23 heavy (non-hydrogen) atoms. The lowest BCUT2D eigenvalue weighted by Crippen LogP contribution is -2.41. The fourth-order valence-corrected chi connectivity index (χ4v) is 5.94. The van der Waals surface area contributed by atoms with E-state index in [2.05, 4.69) is 30.4 Å². The monoisotopic (exact) mass is 306 g/mol. The predicted octanol–water partition coefficient (Wildman–Crippen LogP) is 4.98. The van der Waals surface area contributed by atoms with Gasteiger partial charge < -0.3 is 0 Å². The summed E-state index contributed by atoms with van der Waals surface area (Å²) in [6.45, 7) is 0. The van der Waals surface area contributed by atoms with Crippen LogP contribution in [0.2, 0.25) is 0 Å². The fourth-order valence-electron chi connectivity index (χ4n) is 5.94. The molecule has 3 unspecified atom stereocenters. The Labute approximate surface area is 139 Å². The molecule has 3 atom stereocenters. The van der Waals surface area contributed by atoms with Crippen LogP contribution in [0.25, 0.3) is 0 Å². The molecular weight excluding hydrogens is 280 g/mol. The van der Waals surface area contributed by atoms with Gasteiger partial charge in [0.05, 0.1) is 0 Å². The molecule has 0 N–H and O–H groups in total. The molecule has 1 aromatic rings. The van der Waals surface area contributed by atoms with Gasteiger partial charge in [0.2, 0.25) is 0 Å². The van der Waals surface area contributed by atoms with E-state index >= 15 is 0 Å². The summed E-state index contributed by atoms with van der Waals surface area (Å²) in [6.07, 6.45) is 15.5. The van der Waals surface area contributed by atoms with Crippen LogP contribution in [0.1, 0.15) is 67.6 Å². The van der Waals surface area contributed by atoms with Gasteiger partial charge in [-0.2, -0.15) is 0 Å². The van der Waals surface area contributed by atoms with Gasteiger partial charge in [0.15, 0.2) is 0 Å². The van der Waals surface area contributed by atoms with Crippen LogP contribution in [0.5, 0.6) is 0 Å². The van der Waals surface area contributed by atoms with E-state index in [1.165, 1.54) is 55.2 Å². The zero-order valence-electron chi connectivity index (χ0n) is 13.9. The number of carbonyl (C=O) groups is 1. The van der Waals surface area contributed by atoms with E-state index in [0.717, 1.165) is 18.8 Å². The quantitative estimate of drug-likeness (QED) is 0.668. The number of benzene rings is 1. The molecule has 0 saturated heterocycles. The van der Waals surface area contributed by atoms with Gasteiger partial charge in [-0.3, -0.25) is 4.79 Å². The maximum atomic E-state index is 13.0. The first-order valence-corrected chi connectivity index (χ1v) is 9.58. The zero-order chi connectivity index (χ0) is 15.4. The van der Waals surface area contributed by atoms with Gasteiger partial charge in [0.25, 0.3) is 0 Å². The third kappa shape index (κ3) is 2.08. The number of carbonyl (C=O) groups excluding carboxylic acids is 1. The molecule has 5 rings (SSSR count). The minimum Gasteiger partial charge on any atom is -0.299 e. The fraction of sp³-hybridized carbons (Fsp3) is 0.591.